The Kier molecular flexibility index (Phi) is 4.73. The van der Waals surface area contributed by atoms with Gasteiger partial charge in [-0.1, -0.05) is 0 Å². The molecule has 6 rings (SSSR count). The normalized spacial score (nSPS) is 20.7. The van der Waals surface area contributed by atoms with E-state index in [-0.39, 0.29) is 5.82 Å². The summed E-state index contributed by atoms with van der Waals surface area (Å²) >= 11 is 0. The second kappa shape index (κ2) is 7.64. The zero-order valence-corrected chi connectivity index (χ0v) is 18.5. The van der Waals surface area contributed by atoms with Crippen molar-refractivity contribution in [3.8, 4) is 11.3 Å². The molecule has 0 radical (unpaired) electrons. The number of aryl methyl sites for hydroxylation is 2. The minimum atomic E-state index is -0.323. The topological polar surface area (TPSA) is 60.0 Å². The molecule has 32 heavy (non-hydrogen) atoms. The summed E-state index contributed by atoms with van der Waals surface area (Å²) in [5, 5.41) is 4.66. The van der Waals surface area contributed by atoms with Gasteiger partial charge in [0.15, 0.2) is 17.1 Å². The van der Waals surface area contributed by atoms with E-state index >= 15 is 4.39 Å². The monoisotopic (exact) mass is 434 g/mol. The van der Waals surface area contributed by atoms with E-state index in [4.69, 9.17) is 4.74 Å². The van der Waals surface area contributed by atoms with Crippen LogP contribution in [0.15, 0.2) is 30.7 Å². The third kappa shape index (κ3) is 3.38. The fourth-order valence-electron chi connectivity index (χ4n) is 5.17. The maximum Gasteiger partial charge on any atom is 0.173 e. The number of aromatic nitrogens is 5. The highest BCUT2D eigenvalue weighted by atomic mass is 19.1. The van der Waals surface area contributed by atoms with Crippen molar-refractivity contribution >= 4 is 11.3 Å². The Morgan fingerprint density at radius 1 is 1.00 bits per heavy atom. The summed E-state index contributed by atoms with van der Waals surface area (Å²) in [6, 6.07) is 4.05. The molecule has 2 aliphatic heterocycles. The lowest BCUT2D eigenvalue weighted by molar-refractivity contribution is 0.121. The SMILES string of the molecule is Cc1cn2nc(-c3cc(F)c4nc(C5CCN(C6CCOC6)CC5)cn4c3)cc(C)c2n1. The van der Waals surface area contributed by atoms with Gasteiger partial charge in [0, 0.05) is 36.5 Å². The Hall–Kier alpha value is -2.84. The van der Waals surface area contributed by atoms with Gasteiger partial charge in [0.2, 0.25) is 0 Å². The predicted octanol–water partition coefficient (Wildman–Crippen LogP) is 3.77. The molecule has 0 spiro atoms. The molecule has 2 saturated heterocycles. The number of piperidine rings is 1. The van der Waals surface area contributed by atoms with Crippen LogP contribution in [-0.4, -0.2) is 61.2 Å². The maximum atomic E-state index is 15.0. The highest BCUT2D eigenvalue weighted by Gasteiger charge is 2.29. The van der Waals surface area contributed by atoms with Crippen molar-refractivity contribution in [2.45, 2.75) is 45.1 Å². The zero-order valence-electron chi connectivity index (χ0n) is 18.5. The van der Waals surface area contributed by atoms with E-state index in [1.54, 1.807) is 4.52 Å². The van der Waals surface area contributed by atoms with Crippen molar-refractivity contribution in [3.05, 3.63) is 53.5 Å². The van der Waals surface area contributed by atoms with Crippen molar-refractivity contribution in [1.82, 2.24) is 28.9 Å². The molecule has 0 aliphatic carbocycles. The summed E-state index contributed by atoms with van der Waals surface area (Å²) in [7, 11) is 0. The highest BCUT2D eigenvalue weighted by Crippen LogP contribution is 2.31. The molecule has 166 valence electrons. The highest BCUT2D eigenvalue weighted by molar-refractivity contribution is 5.64. The summed E-state index contributed by atoms with van der Waals surface area (Å²) in [6.07, 6.45) is 9.04. The lowest BCUT2D eigenvalue weighted by Gasteiger charge is -2.34. The van der Waals surface area contributed by atoms with Crippen LogP contribution in [0.25, 0.3) is 22.6 Å². The second-order valence-electron chi connectivity index (χ2n) is 9.16. The Labute approximate surface area is 185 Å². The molecule has 4 aromatic rings. The van der Waals surface area contributed by atoms with Crippen molar-refractivity contribution in [2.24, 2.45) is 0 Å². The van der Waals surface area contributed by atoms with Crippen LogP contribution in [-0.2, 0) is 4.74 Å². The molecule has 2 fully saturated rings. The average Bonchev–Trinajstić information content (AvgIpc) is 3.53. The van der Waals surface area contributed by atoms with Crippen LogP contribution in [0.5, 0.6) is 0 Å². The number of hydrogen-bond donors (Lipinski definition) is 0. The molecule has 0 bridgehead atoms. The van der Waals surface area contributed by atoms with E-state index in [9.17, 15) is 0 Å². The standard InChI is InChI=1S/C24H27FN6O/c1-15-9-21(28-31-11-16(2)26-23(15)31)18-10-20(25)24-27-22(13-30(24)12-18)17-3-6-29(7-4-17)19-5-8-32-14-19/h9-13,17,19H,3-8,14H2,1-2H3. The number of imidazole rings is 2. The summed E-state index contributed by atoms with van der Waals surface area (Å²) in [6.45, 7) is 7.77. The molecule has 4 aromatic heterocycles. The van der Waals surface area contributed by atoms with Gasteiger partial charge in [-0.3, -0.25) is 4.90 Å². The van der Waals surface area contributed by atoms with Gasteiger partial charge in [-0.25, -0.2) is 18.9 Å². The first-order valence-electron chi connectivity index (χ1n) is 11.4. The number of halogens is 1. The third-order valence-electron chi connectivity index (χ3n) is 6.92. The van der Waals surface area contributed by atoms with E-state index in [0.717, 1.165) is 79.4 Å². The number of pyridine rings is 1. The van der Waals surface area contributed by atoms with Gasteiger partial charge in [0.25, 0.3) is 0 Å². The van der Waals surface area contributed by atoms with E-state index in [2.05, 4.69) is 20.0 Å². The van der Waals surface area contributed by atoms with Crippen molar-refractivity contribution < 1.29 is 9.13 Å². The molecule has 0 saturated carbocycles. The van der Waals surface area contributed by atoms with Crippen LogP contribution in [0, 0.1) is 19.7 Å². The van der Waals surface area contributed by atoms with Gasteiger partial charge in [-0.2, -0.15) is 5.10 Å². The van der Waals surface area contributed by atoms with Gasteiger partial charge in [-0.05, 0) is 63.9 Å². The Balaban J connectivity index is 1.29. The van der Waals surface area contributed by atoms with Gasteiger partial charge >= 0.3 is 0 Å². The van der Waals surface area contributed by atoms with Crippen LogP contribution >= 0.6 is 0 Å². The van der Waals surface area contributed by atoms with Crippen LogP contribution in [0.3, 0.4) is 0 Å². The minimum Gasteiger partial charge on any atom is -0.380 e. The van der Waals surface area contributed by atoms with E-state index in [1.165, 1.54) is 6.07 Å². The molecule has 1 atom stereocenters. The Morgan fingerprint density at radius 2 is 1.84 bits per heavy atom. The molecule has 1 unspecified atom stereocenters. The molecule has 7 nitrogen and oxygen atoms in total. The molecular formula is C24H27FN6O. The Morgan fingerprint density at radius 3 is 2.62 bits per heavy atom. The summed E-state index contributed by atoms with van der Waals surface area (Å²) in [5.74, 6) is 0.0395. The molecule has 0 aromatic carbocycles. The third-order valence-corrected chi connectivity index (χ3v) is 6.92. The lowest BCUT2D eigenvalue weighted by atomic mass is 9.93. The zero-order chi connectivity index (χ0) is 21.8. The predicted molar refractivity (Wildman–Crippen MR) is 119 cm³/mol. The van der Waals surface area contributed by atoms with Gasteiger partial charge in [0.05, 0.1) is 29.9 Å². The molecule has 0 amide bonds. The van der Waals surface area contributed by atoms with Crippen LogP contribution in [0.1, 0.15) is 42.1 Å². The van der Waals surface area contributed by atoms with Crippen molar-refractivity contribution in [3.63, 3.8) is 0 Å². The van der Waals surface area contributed by atoms with Crippen molar-refractivity contribution in [2.75, 3.05) is 26.3 Å². The van der Waals surface area contributed by atoms with E-state index in [0.29, 0.717) is 17.6 Å². The molecule has 6 heterocycles. The number of rotatable bonds is 3. The number of nitrogens with zero attached hydrogens (tertiary/aromatic N) is 6. The average molecular weight is 435 g/mol. The lowest BCUT2D eigenvalue weighted by Crippen LogP contribution is -2.41. The van der Waals surface area contributed by atoms with E-state index in [1.807, 2.05) is 42.9 Å². The summed E-state index contributed by atoms with van der Waals surface area (Å²) in [4.78, 5) is 11.7. The number of ether oxygens (including phenoxy) is 1. The largest absolute Gasteiger partial charge is 0.380 e. The van der Waals surface area contributed by atoms with Crippen LogP contribution in [0.4, 0.5) is 4.39 Å². The first-order valence-corrected chi connectivity index (χ1v) is 11.4. The smallest absolute Gasteiger partial charge is 0.173 e. The molecule has 2 aliphatic rings. The van der Waals surface area contributed by atoms with Gasteiger partial charge in [-0.15, -0.1) is 0 Å². The maximum absolute atomic E-state index is 15.0. The first-order chi connectivity index (χ1) is 15.5. The minimum absolute atomic E-state index is 0.323. The van der Waals surface area contributed by atoms with Crippen LogP contribution in [0.2, 0.25) is 0 Å². The molecule has 0 N–H and O–H groups in total. The number of fused-ring (bicyclic) bond motifs is 2. The molecule has 8 heteroatoms. The Bertz CT molecular complexity index is 1300. The fourth-order valence-corrected chi connectivity index (χ4v) is 5.17. The van der Waals surface area contributed by atoms with Crippen LogP contribution < -0.4 is 0 Å². The van der Waals surface area contributed by atoms with Gasteiger partial charge in [0.1, 0.15) is 0 Å². The quantitative estimate of drug-likeness (QED) is 0.491. The number of hydrogen-bond acceptors (Lipinski definition) is 5. The van der Waals surface area contributed by atoms with Crippen molar-refractivity contribution in [1.29, 1.82) is 0 Å². The fraction of sp³-hybridized carbons (Fsp3) is 0.458. The first kappa shape index (κ1) is 19.8. The molecular weight excluding hydrogens is 407 g/mol. The number of likely N-dealkylation sites (tertiary alicyclic amines) is 1. The summed E-state index contributed by atoms with van der Waals surface area (Å²) in [5.41, 5.74) is 5.55. The van der Waals surface area contributed by atoms with Gasteiger partial charge < -0.3 is 9.14 Å². The second-order valence-corrected chi connectivity index (χ2v) is 9.16. The summed E-state index contributed by atoms with van der Waals surface area (Å²) < 4.78 is 24.2. The van der Waals surface area contributed by atoms with E-state index < -0.39 is 0 Å².